The Hall–Kier alpha value is -1.17. The van der Waals surface area contributed by atoms with Crippen LogP contribution in [0, 0.1) is 0 Å². The first-order chi connectivity index (χ1) is 9.72. The normalized spacial score (nSPS) is 16.4. The molecule has 0 N–H and O–H groups in total. The van der Waals surface area contributed by atoms with Gasteiger partial charge in [0.25, 0.3) is 0 Å². The molecule has 0 amide bonds. The fraction of sp³-hybridized carbons (Fsp3) is 0.533. The molecule has 0 saturated carbocycles. The van der Waals surface area contributed by atoms with E-state index in [1.807, 2.05) is 6.20 Å². The van der Waals surface area contributed by atoms with Gasteiger partial charge in [-0.1, -0.05) is 0 Å². The molecule has 3 heterocycles. The highest BCUT2D eigenvalue weighted by Gasteiger charge is 2.17. The molecule has 0 atom stereocenters. The van der Waals surface area contributed by atoms with Gasteiger partial charge >= 0.3 is 0 Å². The number of nitrogens with zero attached hydrogens (tertiary/aromatic N) is 4. The van der Waals surface area contributed by atoms with Gasteiger partial charge in [-0.15, -0.1) is 0 Å². The van der Waals surface area contributed by atoms with Crippen LogP contribution >= 0.6 is 11.3 Å². The summed E-state index contributed by atoms with van der Waals surface area (Å²) in [6.45, 7) is 5.31. The van der Waals surface area contributed by atoms with E-state index in [0.29, 0.717) is 0 Å². The number of fused-ring (bicyclic) bond motifs is 1. The summed E-state index contributed by atoms with van der Waals surface area (Å²) < 4.78 is 2.41. The lowest BCUT2D eigenvalue weighted by Crippen LogP contribution is -2.26. The van der Waals surface area contributed by atoms with Gasteiger partial charge in [0.15, 0.2) is 0 Å². The van der Waals surface area contributed by atoms with Crippen LogP contribution < -0.4 is 0 Å². The van der Waals surface area contributed by atoms with Crippen molar-refractivity contribution in [1.82, 2.24) is 19.4 Å². The van der Waals surface area contributed by atoms with Crippen molar-refractivity contribution in [3.8, 4) is 0 Å². The van der Waals surface area contributed by atoms with Crippen molar-refractivity contribution in [2.45, 2.75) is 26.1 Å². The molecule has 0 aromatic carbocycles. The molecular weight excluding hydrogens is 268 g/mol. The Labute approximate surface area is 124 Å². The van der Waals surface area contributed by atoms with Crippen molar-refractivity contribution in [2.75, 3.05) is 27.2 Å². The van der Waals surface area contributed by atoms with E-state index in [0.717, 1.165) is 39.1 Å². The summed E-state index contributed by atoms with van der Waals surface area (Å²) in [6, 6.07) is 2.23. The van der Waals surface area contributed by atoms with Crippen molar-refractivity contribution in [2.24, 2.45) is 0 Å². The Morgan fingerprint density at radius 1 is 1.30 bits per heavy atom. The third-order valence-electron chi connectivity index (χ3n) is 3.78. The Morgan fingerprint density at radius 3 is 2.95 bits per heavy atom. The van der Waals surface area contributed by atoms with Crippen LogP contribution in [0.3, 0.4) is 0 Å². The number of hydrogen-bond donors (Lipinski definition) is 0. The predicted octanol–water partition coefficient (Wildman–Crippen LogP) is 2.06. The first-order valence-corrected chi connectivity index (χ1v) is 8.08. The highest BCUT2D eigenvalue weighted by atomic mass is 32.1. The lowest BCUT2D eigenvalue weighted by Gasteiger charge is -2.19. The van der Waals surface area contributed by atoms with Gasteiger partial charge in [0.05, 0.1) is 5.69 Å². The zero-order chi connectivity index (χ0) is 13.9. The maximum absolute atomic E-state index is 4.61. The minimum absolute atomic E-state index is 0.970. The van der Waals surface area contributed by atoms with Gasteiger partial charge in [-0.3, -0.25) is 4.90 Å². The second-order valence-corrected chi connectivity index (χ2v) is 6.49. The van der Waals surface area contributed by atoms with Crippen LogP contribution in [-0.2, 0) is 26.1 Å². The van der Waals surface area contributed by atoms with Gasteiger partial charge < -0.3 is 9.47 Å². The Kier molecular flexibility index (Phi) is 4.19. The molecule has 2 aromatic heterocycles. The summed E-state index contributed by atoms with van der Waals surface area (Å²) >= 11 is 1.78. The number of rotatable bonds is 4. The standard InChI is InChI=1S/C15H22N4S/c1-17(2)11-14-9-16-15-3-5-18(6-7-19(14)15)10-13-4-8-20-12-13/h4,8-9,12H,3,5-7,10-11H2,1-2H3. The molecule has 5 heteroatoms. The van der Waals surface area contributed by atoms with Crippen molar-refractivity contribution in [1.29, 1.82) is 0 Å². The Balaban J connectivity index is 1.67. The summed E-state index contributed by atoms with van der Waals surface area (Å²) in [6.07, 6.45) is 3.10. The summed E-state index contributed by atoms with van der Waals surface area (Å²) in [5.41, 5.74) is 2.77. The molecule has 0 bridgehead atoms. The second-order valence-electron chi connectivity index (χ2n) is 5.71. The fourth-order valence-electron chi connectivity index (χ4n) is 2.79. The van der Waals surface area contributed by atoms with E-state index in [1.165, 1.54) is 17.1 Å². The van der Waals surface area contributed by atoms with Crippen molar-refractivity contribution >= 4 is 11.3 Å². The van der Waals surface area contributed by atoms with Crippen LogP contribution in [0.4, 0.5) is 0 Å². The van der Waals surface area contributed by atoms with E-state index < -0.39 is 0 Å². The van der Waals surface area contributed by atoms with E-state index in [2.05, 4.69) is 50.3 Å². The van der Waals surface area contributed by atoms with Gasteiger partial charge in [0.2, 0.25) is 0 Å². The fourth-order valence-corrected chi connectivity index (χ4v) is 3.45. The molecule has 108 valence electrons. The summed E-state index contributed by atoms with van der Waals surface area (Å²) in [4.78, 5) is 9.36. The molecule has 4 nitrogen and oxygen atoms in total. The number of aromatic nitrogens is 2. The molecule has 0 radical (unpaired) electrons. The van der Waals surface area contributed by atoms with Crippen molar-refractivity contribution in [3.63, 3.8) is 0 Å². The molecule has 2 aromatic rings. The van der Waals surface area contributed by atoms with E-state index >= 15 is 0 Å². The third-order valence-corrected chi connectivity index (χ3v) is 4.51. The van der Waals surface area contributed by atoms with Gasteiger partial charge in [-0.2, -0.15) is 11.3 Å². The van der Waals surface area contributed by atoms with Gasteiger partial charge in [-0.05, 0) is 36.5 Å². The van der Waals surface area contributed by atoms with E-state index in [-0.39, 0.29) is 0 Å². The second kappa shape index (κ2) is 6.08. The lowest BCUT2D eigenvalue weighted by molar-refractivity contribution is 0.270. The van der Waals surface area contributed by atoms with Gasteiger partial charge in [-0.25, -0.2) is 4.98 Å². The van der Waals surface area contributed by atoms with Crippen LogP contribution in [0.5, 0.6) is 0 Å². The molecule has 0 spiro atoms. The van der Waals surface area contributed by atoms with Crippen LogP contribution in [0.15, 0.2) is 23.0 Å². The number of thiophene rings is 1. The number of imidazole rings is 1. The van der Waals surface area contributed by atoms with Gasteiger partial charge in [0.1, 0.15) is 5.82 Å². The summed E-state index contributed by atoms with van der Waals surface area (Å²) in [5.74, 6) is 1.25. The molecule has 0 saturated heterocycles. The van der Waals surface area contributed by atoms with Crippen molar-refractivity contribution < 1.29 is 0 Å². The maximum atomic E-state index is 4.61. The van der Waals surface area contributed by atoms with E-state index in [9.17, 15) is 0 Å². The molecular formula is C15H22N4S. The monoisotopic (exact) mass is 290 g/mol. The SMILES string of the molecule is CN(C)Cc1cnc2n1CCN(Cc1ccsc1)CC2. The Morgan fingerprint density at radius 2 is 2.20 bits per heavy atom. The van der Waals surface area contributed by atoms with E-state index in [4.69, 9.17) is 0 Å². The smallest absolute Gasteiger partial charge is 0.110 e. The molecule has 1 aliphatic heterocycles. The first kappa shape index (κ1) is 13.8. The van der Waals surface area contributed by atoms with Crippen LogP contribution in [0.2, 0.25) is 0 Å². The van der Waals surface area contributed by atoms with Crippen LogP contribution in [0.1, 0.15) is 17.1 Å². The third kappa shape index (κ3) is 3.11. The highest BCUT2D eigenvalue weighted by molar-refractivity contribution is 7.07. The average molecular weight is 290 g/mol. The Bertz CT molecular complexity index is 544. The van der Waals surface area contributed by atoms with Gasteiger partial charge in [0, 0.05) is 45.3 Å². The quantitative estimate of drug-likeness (QED) is 0.861. The lowest BCUT2D eigenvalue weighted by atomic mass is 10.3. The summed E-state index contributed by atoms with van der Waals surface area (Å²) in [7, 11) is 4.22. The first-order valence-electron chi connectivity index (χ1n) is 7.14. The molecule has 0 fully saturated rings. The highest BCUT2D eigenvalue weighted by Crippen LogP contribution is 2.15. The van der Waals surface area contributed by atoms with Crippen LogP contribution in [-0.4, -0.2) is 46.5 Å². The molecule has 0 unspecified atom stereocenters. The summed E-state index contributed by atoms with van der Waals surface area (Å²) in [5, 5.41) is 4.41. The minimum Gasteiger partial charge on any atom is -0.329 e. The van der Waals surface area contributed by atoms with E-state index in [1.54, 1.807) is 11.3 Å². The molecule has 1 aliphatic rings. The average Bonchev–Trinajstić information content (AvgIpc) is 2.98. The maximum Gasteiger partial charge on any atom is 0.110 e. The zero-order valence-electron chi connectivity index (χ0n) is 12.2. The predicted molar refractivity (Wildman–Crippen MR) is 82.9 cm³/mol. The largest absolute Gasteiger partial charge is 0.329 e. The number of hydrogen-bond acceptors (Lipinski definition) is 4. The minimum atomic E-state index is 0.970. The molecule has 20 heavy (non-hydrogen) atoms. The topological polar surface area (TPSA) is 24.3 Å². The van der Waals surface area contributed by atoms with Crippen molar-refractivity contribution in [3.05, 3.63) is 40.1 Å². The molecule has 0 aliphatic carbocycles. The molecule has 3 rings (SSSR count). The van der Waals surface area contributed by atoms with Crippen LogP contribution in [0.25, 0.3) is 0 Å². The zero-order valence-corrected chi connectivity index (χ0v) is 13.1.